The molecule has 2 N–H and O–H groups in total. The smallest absolute Gasteiger partial charge is 0.0711 e. The van der Waals surface area contributed by atoms with Crippen LogP contribution in [-0.2, 0) is 13.1 Å². The standard InChI is InChI=1S/C13H17N3/c1-3-16-13(10(2)9-15-16)12-6-4-11(8-14)5-7-12/h4-7,9H,3,8,14H2,1-2H3. The molecule has 0 bridgehead atoms. The van der Waals surface area contributed by atoms with E-state index in [4.69, 9.17) is 5.73 Å². The van der Waals surface area contributed by atoms with Gasteiger partial charge in [0.1, 0.15) is 0 Å². The lowest BCUT2D eigenvalue weighted by Gasteiger charge is -2.07. The second-order valence-electron chi connectivity index (χ2n) is 3.89. The molecule has 0 aliphatic rings. The minimum absolute atomic E-state index is 0.590. The molecular formula is C13H17N3. The van der Waals surface area contributed by atoms with E-state index in [1.54, 1.807) is 0 Å². The normalized spacial score (nSPS) is 10.7. The van der Waals surface area contributed by atoms with E-state index in [-0.39, 0.29) is 0 Å². The SMILES string of the molecule is CCn1ncc(C)c1-c1ccc(CN)cc1. The Labute approximate surface area is 95.9 Å². The molecule has 0 unspecified atom stereocenters. The highest BCUT2D eigenvalue weighted by atomic mass is 15.3. The number of rotatable bonds is 3. The van der Waals surface area contributed by atoms with Crippen molar-refractivity contribution >= 4 is 0 Å². The molecule has 0 aliphatic heterocycles. The zero-order valence-electron chi connectivity index (χ0n) is 9.77. The molecule has 1 aromatic carbocycles. The van der Waals surface area contributed by atoms with Crippen molar-refractivity contribution in [3.8, 4) is 11.3 Å². The topological polar surface area (TPSA) is 43.8 Å². The van der Waals surface area contributed by atoms with Gasteiger partial charge in [-0.05, 0) is 25.0 Å². The van der Waals surface area contributed by atoms with E-state index in [1.165, 1.54) is 16.8 Å². The first-order valence-corrected chi connectivity index (χ1v) is 5.58. The fraction of sp³-hybridized carbons (Fsp3) is 0.308. The highest BCUT2D eigenvalue weighted by Crippen LogP contribution is 2.23. The number of benzene rings is 1. The van der Waals surface area contributed by atoms with Gasteiger partial charge in [0.05, 0.1) is 11.9 Å². The molecule has 0 aliphatic carbocycles. The van der Waals surface area contributed by atoms with Crippen molar-refractivity contribution in [3.05, 3.63) is 41.6 Å². The summed E-state index contributed by atoms with van der Waals surface area (Å²) in [5, 5.41) is 4.35. The summed E-state index contributed by atoms with van der Waals surface area (Å²) in [6.07, 6.45) is 1.91. The van der Waals surface area contributed by atoms with E-state index < -0.39 is 0 Å². The Morgan fingerprint density at radius 2 is 1.94 bits per heavy atom. The molecule has 2 aromatic rings. The van der Waals surface area contributed by atoms with Crippen LogP contribution in [0.15, 0.2) is 30.5 Å². The van der Waals surface area contributed by atoms with E-state index in [0.717, 1.165) is 12.1 Å². The van der Waals surface area contributed by atoms with Crippen molar-refractivity contribution in [2.75, 3.05) is 0 Å². The zero-order chi connectivity index (χ0) is 11.5. The predicted octanol–water partition coefficient (Wildman–Crippen LogP) is 2.34. The van der Waals surface area contributed by atoms with E-state index in [9.17, 15) is 0 Å². The van der Waals surface area contributed by atoms with Crippen LogP contribution in [0.2, 0.25) is 0 Å². The van der Waals surface area contributed by atoms with Crippen LogP contribution in [0.3, 0.4) is 0 Å². The largest absolute Gasteiger partial charge is 0.326 e. The monoisotopic (exact) mass is 215 g/mol. The second-order valence-corrected chi connectivity index (χ2v) is 3.89. The summed E-state index contributed by atoms with van der Waals surface area (Å²) >= 11 is 0. The quantitative estimate of drug-likeness (QED) is 0.854. The van der Waals surface area contributed by atoms with Gasteiger partial charge in [-0.15, -0.1) is 0 Å². The molecule has 0 spiro atoms. The van der Waals surface area contributed by atoms with Gasteiger partial charge in [0.15, 0.2) is 0 Å². The molecular weight excluding hydrogens is 198 g/mol. The average molecular weight is 215 g/mol. The minimum atomic E-state index is 0.590. The van der Waals surface area contributed by atoms with Gasteiger partial charge >= 0.3 is 0 Å². The molecule has 16 heavy (non-hydrogen) atoms. The first kappa shape index (κ1) is 10.9. The van der Waals surface area contributed by atoms with Crippen molar-refractivity contribution in [1.29, 1.82) is 0 Å². The summed E-state index contributed by atoms with van der Waals surface area (Å²) in [7, 11) is 0. The molecule has 2 rings (SSSR count). The average Bonchev–Trinajstić information content (AvgIpc) is 2.70. The number of hydrogen-bond acceptors (Lipinski definition) is 2. The van der Waals surface area contributed by atoms with Crippen LogP contribution in [0.25, 0.3) is 11.3 Å². The highest BCUT2D eigenvalue weighted by molar-refractivity contribution is 5.63. The van der Waals surface area contributed by atoms with Crippen molar-refractivity contribution in [1.82, 2.24) is 9.78 Å². The van der Waals surface area contributed by atoms with Gasteiger partial charge < -0.3 is 5.73 Å². The second kappa shape index (κ2) is 4.49. The van der Waals surface area contributed by atoms with E-state index in [0.29, 0.717) is 6.54 Å². The van der Waals surface area contributed by atoms with E-state index in [1.807, 2.05) is 10.9 Å². The number of aryl methyl sites for hydroxylation is 2. The van der Waals surface area contributed by atoms with Gasteiger partial charge in [0.25, 0.3) is 0 Å². The Kier molecular flexibility index (Phi) is 3.06. The van der Waals surface area contributed by atoms with Crippen molar-refractivity contribution in [2.24, 2.45) is 5.73 Å². The lowest BCUT2D eigenvalue weighted by molar-refractivity contribution is 0.667. The van der Waals surface area contributed by atoms with Gasteiger partial charge in [-0.3, -0.25) is 4.68 Å². The lowest BCUT2D eigenvalue weighted by Crippen LogP contribution is -2.00. The minimum Gasteiger partial charge on any atom is -0.326 e. The summed E-state index contributed by atoms with van der Waals surface area (Å²) < 4.78 is 2.02. The Bertz CT molecular complexity index is 468. The Hall–Kier alpha value is -1.61. The van der Waals surface area contributed by atoms with Gasteiger partial charge in [-0.25, -0.2) is 0 Å². The number of aromatic nitrogens is 2. The van der Waals surface area contributed by atoms with Gasteiger partial charge in [-0.2, -0.15) is 5.10 Å². The first-order chi connectivity index (χ1) is 7.76. The van der Waals surface area contributed by atoms with Crippen LogP contribution in [0.4, 0.5) is 0 Å². The van der Waals surface area contributed by atoms with Crippen LogP contribution in [0, 0.1) is 6.92 Å². The third-order valence-corrected chi connectivity index (χ3v) is 2.79. The van der Waals surface area contributed by atoms with Crippen molar-refractivity contribution in [3.63, 3.8) is 0 Å². The van der Waals surface area contributed by atoms with Crippen LogP contribution in [0.5, 0.6) is 0 Å². The van der Waals surface area contributed by atoms with Crippen molar-refractivity contribution < 1.29 is 0 Å². The predicted molar refractivity (Wildman–Crippen MR) is 66.0 cm³/mol. The molecule has 3 heteroatoms. The summed E-state index contributed by atoms with van der Waals surface area (Å²) in [6.45, 7) is 5.67. The molecule has 0 saturated carbocycles. The highest BCUT2D eigenvalue weighted by Gasteiger charge is 2.08. The molecule has 1 aromatic heterocycles. The maximum Gasteiger partial charge on any atom is 0.0711 e. The number of nitrogens with zero attached hydrogens (tertiary/aromatic N) is 2. The lowest BCUT2D eigenvalue weighted by atomic mass is 10.1. The van der Waals surface area contributed by atoms with Crippen LogP contribution in [0.1, 0.15) is 18.1 Å². The summed E-state index contributed by atoms with van der Waals surface area (Å²) in [4.78, 5) is 0. The van der Waals surface area contributed by atoms with Crippen LogP contribution in [-0.4, -0.2) is 9.78 Å². The maximum atomic E-state index is 5.59. The molecule has 1 heterocycles. The molecule has 3 nitrogen and oxygen atoms in total. The maximum absolute atomic E-state index is 5.59. The Morgan fingerprint density at radius 1 is 1.25 bits per heavy atom. The van der Waals surface area contributed by atoms with Gasteiger partial charge in [-0.1, -0.05) is 24.3 Å². The summed E-state index contributed by atoms with van der Waals surface area (Å²) in [5.74, 6) is 0. The van der Waals surface area contributed by atoms with Gasteiger partial charge in [0.2, 0.25) is 0 Å². The first-order valence-electron chi connectivity index (χ1n) is 5.58. The van der Waals surface area contributed by atoms with Gasteiger partial charge in [0, 0.05) is 18.7 Å². The van der Waals surface area contributed by atoms with E-state index >= 15 is 0 Å². The Morgan fingerprint density at radius 3 is 2.50 bits per heavy atom. The molecule has 84 valence electrons. The third-order valence-electron chi connectivity index (χ3n) is 2.79. The molecule has 0 saturated heterocycles. The third kappa shape index (κ3) is 1.86. The molecule has 0 fully saturated rings. The fourth-order valence-electron chi connectivity index (χ4n) is 1.89. The molecule has 0 radical (unpaired) electrons. The number of nitrogens with two attached hydrogens (primary N) is 1. The summed E-state index contributed by atoms with van der Waals surface area (Å²) in [6, 6.07) is 8.36. The Balaban J connectivity index is 2.45. The zero-order valence-corrected chi connectivity index (χ0v) is 9.77. The number of hydrogen-bond donors (Lipinski definition) is 1. The molecule has 0 atom stereocenters. The molecule has 0 amide bonds. The van der Waals surface area contributed by atoms with E-state index in [2.05, 4.69) is 43.2 Å². The van der Waals surface area contributed by atoms with Crippen LogP contribution >= 0.6 is 0 Å². The fourth-order valence-corrected chi connectivity index (χ4v) is 1.89. The van der Waals surface area contributed by atoms with Crippen molar-refractivity contribution in [2.45, 2.75) is 26.9 Å². The van der Waals surface area contributed by atoms with Crippen LogP contribution < -0.4 is 5.73 Å². The summed E-state index contributed by atoms with van der Waals surface area (Å²) in [5.41, 5.74) is 10.4.